The van der Waals surface area contributed by atoms with Gasteiger partial charge in [-0.1, -0.05) is 39.0 Å². The Morgan fingerprint density at radius 1 is 1.38 bits per heavy atom. The number of ketones is 1. The number of nitrogens with zero attached hydrogens (tertiary/aromatic N) is 1. The Kier molecular flexibility index (Phi) is 2.31. The van der Waals surface area contributed by atoms with Crippen molar-refractivity contribution in [1.82, 2.24) is 0 Å². The van der Waals surface area contributed by atoms with E-state index in [4.69, 9.17) is 5.26 Å². The molecule has 84 valence electrons. The van der Waals surface area contributed by atoms with E-state index in [0.29, 0.717) is 11.5 Å². The van der Waals surface area contributed by atoms with E-state index in [1.165, 1.54) is 0 Å². The first-order chi connectivity index (χ1) is 7.42. The number of carbonyl (C=O) groups is 1. The van der Waals surface area contributed by atoms with E-state index in [0.717, 1.165) is 12.8 Å². The highest BCUT2D eigenvalue weighted by atomic mass is 16.1. The molecule has 0 amide bonds. The van der Waals surface area contributed by atoms with Crippen LogP contribution in [0.3, 0.4) is 0 Å². The summed E-state index contributed by atoms with van der Waals surface area (Å²) >= 11 is 0. The zero-order chi connectivity index (χ0) is 12.0. The number of allylic oxidation sites excluding steroid dienone is 4. The van der Waals surface area contributed by atoms with Gasteiger partial charge >= 0.3 is 0 Å². The molecule has 0 aromatic rings. The average molecular weight is 215 g/mol. The molecule has 0 unspecified atom stereocenters. The molecule has 2 heteroatoms. The Hall–Kier alpha value is -1.36. The van der Waals surface area contributed by atoms with Gasteiger partial charge in [0.1, 0.15) is 6.07 Å². The molecule has 0 spiro atoms. The van der Waals surface area contributed by atoms with E-state index in [9.17, 15) is 4.79 Å². The molecule has 0 saturated heterocycles. The molecule has 0 aromatic heterocycles. The third-order valence-electron chi connectivity index (χ3n) is 4.19. The Morgan fingerprint density at radius 2 is 2.06 bits per heavy atom. The molecule has 0 radical (unpaired) electrons. The van der Waals surface area contributed by atoms with E-state index in [1.54, 1.807) is 0 Å². The fourth-order valence-corrected chi connectivity index (χ4v) is 3.24. The minimum absolute atomic E-state index is 0.00720. The number of Topliss-reactive ketones (excluding diaryl/α,β-unsaturated/α-hetero) is 1. The minimum Gasteiger partial charge on any atom is -0.293 e. The maximum Gasteiger partial charge on any atom is 0.178 e. The first-order valence-corrected chi connectivity index (χ1v) is 5.74. The Bertz CT molecular complexity index is 436. The molecule has 0 aliphatic heterocycles. The van der Waals surface area contributed by atoms with Crippen molar-refractivity contribution in [2.75, 3.05) is 0 Å². The van der Waals surface area contributed by atoms with Crippen molar-refractivity contribution in [1.29, 1.82) is 5.26 Å². The van der Waals surface area contributed by atoms with E-state index in [-0.39, 0.29) is 11.2 Å². The molecule has 2 rings (SSSR count). The van der Waals surface area contributed by atoms with Gasteiger partial charge in [-0.2, -0.15) is 5.26 Å². The molecule has 0 heterocycles. The van der Waals surface area contributed by atoms with Gasteiger partial charge in [0.2, 0.25) is 0 Å². The van der Waals surface area contributed by atoms with Crippen LogP contribution in [0.2, 0.25) is 0 Å². The van der Waals surface area contributed by atoms with Crippen molar-refractivity contribution in [3.05, 3.63) is 23.8 Å². The molecule has 2 atom stereocenters. The number of nitriles is 1. The lowest BCUT2D eigenvalue weighted by Gasteiger charge is -2.48. The lowest BCUT2D eigenvalue weighted by Crippen LogP contribution is -2.47. The first kappa shape index (κ1) is 11.1. The second-order valence-corrected chi connectivity index (χ2v) is 5.69. The Labute approximate surface area is 96.6 Å². The van der Waals surface area contributed by atoms with Crippen LogP contribution in [-0.4, -0.2) is 5.78 Å². The third-order valence-corrected chi connectivity index (χ3v) is 4.19. The summed E-state index contributed by atoms with van der Waals surface area (Å²) in [5.41, 5.74) is -0.102. The van der Waals surface area contributed by atoms with Crippen LogP contribution in [0.1, 0.15) is 33.6 Å². The predicted octanol–water partition coefficient (Wildman–Crippen LogP) is 3.02. The molecule has 2 aliphatic rings. The quantitative estimate of drug-likeness (QED) is 0.583. The van der Waals surface area contributed by atoms with Crippen LogP contribution in [0.25, 0.3) is 0 Å². The standard InChI is InChI=1S/C14H17NO/c1-13(2)11-6-4-5-7-14(11,3)8-10(9-15)12(13)16/h4-5,8,11H,6-7H2,1-3H3/t11-,14+/m0/s1. The van der Waals surface area contributed by atoms with Gasteiger partial charge in [-0.05, 0) is 24.2 Å². The van der Waals surface area contributed by atoms with Crippen molar-refractivity contribution < 1.29 is 4.79 Å². The summed E-state index contributed by atoms with van der Waals surface area (Å²) in [6, 6.07) is 2.06. The van der Waals surface area contributed by atoms with E-state index in [1.807, 2.05) is 19.9 Å². The van der Waals surface area contributed by atoms with Crippen LogP contribution in [0.4, 0.5) is 0 Å². The van der Waals surface area contributed by atoms with Crippen molar-refractivity contribution in [2.45, 2.75) is 33.6 Å². The Morgan fingerprint density at radius 3 is 2.69 bits per heavy atom. The van der Waals surface area contributed by atoms with E-state index < -0.39 is 5.41 Å². The molecule has 0 N–H and O–H groups in total. The monoisotopic (exact) mass is 215 g/mol. The van der Waals surface area contributed by atoms with E-state index in [2.05, 4.69) is 25.1 Å². The summed E-state index contributed by atoms with van der Waals surface area (Å²) in [6.07, 6.45) is 8.08. The second-order valence-electron chi connectivity index (χ2n) is 5.69. The molecule has 16 heavy (non-hydrogen) atoms. The summed E-state index contributed by atoms with van der Waals surface area (Å²) in [7, 11) is 0. The number of fused-ring (bicyclic) bond motifs is 1. The van der Waals surface area contributed by atoms with Gasteiger partial charge < -0.3 is 0 Å². The van der Waals surface area contributed by atoms with Crippen molar-refractivity contribution in [3.8, 4) is 6.07 Å². The maximum absolute atomic E-state index is 12.2. The highest BCUT2D eigenvalue weighted by Gasteiger charge is 2.50. The zero-order valence-corrected chi connectivity index (χ0v) is 10.1. The maximum atomic E-state index is 12.2. The lowest BCUT2D eigenvalue weighted by atomic mass is 9.54. The Balaban J connectivity index is 2.58. The molecule has 2 nitrogen and oxygen atoms in total. The molecule has 0 aromatic carbocycles. The predicted molar refractivity (Wildman–Crippen MR) is 62.5 cm³/mol. The summed E-state index contributed by atoms with van der Waals surface area (Å²) < 4.78 is 0. The summed E-state index contributed by atoms with van der Waals surface area (Å²) in [5, 5.41) is 9.04. The fourth-order valence-electron chi connectivity index (χ4n) is 3.24. The van der Waals surface area contributed by atoms with Gasteiger partial charge in [-0.15, -0.1) is 0 Å². The normalized spacial score (nSPS) is 36.2. The van der Waals surface area contributed by atoms with Gasteiger partial charge in [0.15, 0.2) is 5.78 Å². The fraction of sp³-hybridized carbons (Fsp3) is 0.571. The van der Waals surface area contributed by atoms with Crippen LogP contribution >= 0.6 is 0 Å². The number of rotatable bonds is 0. The van der Waals surface area contributed by atoms with Crippen molar-refractivity contribution in [2.24, 2.45) is 16.7 Å². The summed E-state index contributed by atoms with van der Waals surface area (Å²) in [5.74, 6) is 0.322. The van der Waals surface area contributed by atoms with Gasteiger partial charge in [0, 0.05) is 5.41 Å². The van der Waals surface area contributed by atoms with Gasteiger partial charge in [-0.25, -0.2) is 0 Å². The van der Waals surface area contributed by atoms with Crippen molar-refractivity contribution in [3.63, 3.8) is 0 Å². The number of carbonyl (C=O) groups excluding carboxylic acids is 1. The topological polar surface area (TPSA) is 40.9 Å². The number of hydrogen-bond donors (Lipinski definition) is 0. The van der Waals surface area contributed by atoms with Crippen LogP contribution in [0.15, 0.2) is 23.8 Å². The highest BCUT2D eigenvalue weighted by molar-refractivity contribution is 6.04. The molecule has 0 fully saturated rings. The van der Waals surface area contributed by atoms with Crippen molar-refractivity contribution >= 4 is 5.78 Å². The molecular weight excluding hydrogens is 198 g/mol. The van der Waals surface area contributed by atoms with Gasteiger partial charge in [0.05, 0.1) is 5.57 Å². The molecule has 2 aliphatic carbocycles. The third kappa shape index (κ3) is 1.35. The van der Waals surface area contributed by atoms with Crippen LogP contribution < -0.4 is 0 Å². The molecule has 0 saturated carbocycles. The highest BCUT2D eigenvalue weighted by Crippen LogP contribution is 2.53. The first-order valence-electron chi connectivity index (χ1n) is 5.74. The minimum atomic E-state index is -0.417. The summed E-state index contributed by atoms with van der Waals surface area (Å²) in [4.78, 5) is 12.2. The van der Waals surface area contributed by atoms with E-state index >= 15 is 0 Å². The average Bonchev–Trinajstić information content (AvgIpc) is 2.24. The second kappa shape index (κ2) is 3.31. The molecular formula is C14H17NO. The molecule has 0 bridgehead atoms. The SMILES string of the molecule is CC1(C)C(=O)C(C#N)=C[C@@]2(C)CC=CC[C@@H]12. The zero-order valence-electron chi connectivity index (χ0n) is 10.1. The van der Waals surface area contributed by atoms with Gasteiger partial charge in [0.25, 0.3) is 0 Å². The van der Waals surface area contributed by atoms with Gasteiger partial charge in [-0.3, -0.25) is 4.79 Å². The largest absolute Gasteiger partial charge is 0.293 e. The van der Waals surface area contributed by atoms with Crippen LogP contribution in [0, 0.1) is 28.1 Å². The van der Waals surface area contributed by atoms with Crippen LogP contribution in [-0.2, 0) is 4.79 Å². The lowest BCUT2D eigenvalue weighted by molar-refractivity contribution is -0.129. The summed E-state index contributed by atoms with van der Waals surface area (Å²) in [6.45, 7) is 6.11. The smallest absolute Gasteiger partial charge is 0.178 e. The number of hydrogen-bond acceptors (Lipinski definition) is 2. The van der Waals surface area contributed by atoms with Crippen LogP contribution in [0.5, 0.6) is 0 Å².